The van der Waals surface area contributed by atoms with Gasteiger partial charge in [0.15, 0.2) is 5.65 Å². The highest BCUT2D eigenvalue weighted by atomic mass is 16.1. The number of aryl methyl sites for hydroxylation is 2. The van der Waals surface area contributed by atoms with E-state index >= 15 is 0 Å². The van der Waals surface area contributed by atoms with Gasteiger partial charge in [0.25, 0.3) is 0 Å². The predicted molar refractivity (Wildman–Crippen MR) is 81.6 cm³/mol. The van der Waals surface area contributed by atoms with Crippen LogP contribution in [0, 0.1) is 6.92 Å². The second-order valence-electron chi connectivity index (χ2n) is 4.93. The molecule has 3 rings (SSSR count). The minimum Gasteiger partial charge on any atom is -0.370 e. The molecule has 3 aromatic rings. The molecular formula is C15H17N5O. The lowest BCUT2D eigenvalue weighted by Crippen LogP contribution is -2.14. The van der Waals surface area contributed by atoms with Gasteiger partial charge >= 0.3 is 5.69 Å². The van der Waals surface area contributed by atoms with E-state index in [9.17, 15) is 4.79 Å². The molecule has 0 aliphatic rings. The zero-order chi connectivity index (χ0) is 14.7. The third-order valence-corrected chi connectivity index (χ3v) is 3.36. The first-order valence-electron chi connectivity index (χ1n) is 6.96. The van der Waals surface area contributed by atoms with E-state index in [2.05, 4.69) is 44.8 Å². The third kappa shape index (κ3) is 2.94. The van der Waals surface area contributed by atoms with Gasteiger partial charge in [-0.05, 0) is 25.3 Å². The minimum atomic E-state index is -0.259. The summed E-state index contributed by atoms with van der Waals surface area (Å²) in [7, 11) is 0. The number of H-pyrrole nitrogens is 1. The van der Waals surface area contributed by atoms with E-state index in [1.165, 1.54) is 9.96 Å². The van der Waals surface area contributed by atoms with E-state index in [0.29, 0.717) is 11.5 Å². The van der Waals surface area contributed by atoms with Crippen LogP contribution >= 0.6 is 0 Å². The van der Waals surface area contributed by atoms with Crippen LogP contribution in [0.25, 0.3) is 5.65 Å². The number of benzene rings is 1. The van der Waals surface area contributed by atoms with Crippen molar-refractivity contribution in [2.75, 3.05) is 11.9 Å². The van der Waals surface area contributed by atoms with Gasteiger partial charge in [-0.3, -0.25) is 0 Å². The van der Waals surface area contributed by atoms with Gasteiger partial charge in [0.1, 0.15) is 11.6 Å². The molecule has 0 fully saturated rings. The molecule has 0 spiro atoms. The van der Waals surface area contributed by atoms with Gasteiger partial charge < -0.3 is 5.32 Å². The van der Waals surface area contributed by atoms with Crippen LogP contribution in [-0.2, 0) is 6.42 Å². The molecule has 0 amide bonds. The highest BCUT2D eigenvalue weighted by molar-refractivity contribution is 5.49. The smallest absolute Gasteiger partial charge is 0.349 e. The van der Waals surface area contributed by atoms with Crippen molar-refractivity contribution in [1.29, 1.82) is 0 Å². The van der Waals surface area contributed by atoms with Crippen molar-refractivity contribution in [3.05, 3.63) is 58.3 Å². The molecule has 108 valence electrons. The third-order valence-electron chi connectivity index (χ3n) is 3.36. The lowest BCUT2D eigenvalue weighted by atomic mass is 10.1. The number of nitrogens with zero attached hydrogens (tertiary/aromatic N) is 3. The Morgan fingerprint density at radius 1 is 1.29 bits per heavy atom. The fourth-order valence-electron chi connectivity index (χ4n) is 2.34. The van der Waals surface area contributed by atoms with Crippen molar-refractivity contribution in [1.82, 2.24) is 19.6 Å². The highest BCUT2D eigenvalue weighted by Crippen LogP contribution is 2.08. The summed E-state index contributed by atoms with van der Waals surface area (Å²) in [4.78, 5) is 15.9. The van der Waals surface area contributed by atoms with Crippen molar-refractivity contribution >= 4 is 11.5 Å². The molecular weight excluding hydrogens is 266 g/mol. The van der Waals surface area contributed by atoms with E-state index in [0.717, 1.165) is 25.2 Å². The Kier molecular flexibility index (Phi) is 3.68. The molecule has 1 aromatic carbocycles. The van der Waals surface area contributed by atoms with Crippen molar-refractivity contribution in [3.8, 4) is 0 Å². The molecule has 6 nitrogen and oxygen atoms in total. The summed E-state index contributed by atoms with van der Waals surface area (Å²) in [5.41, 5.74) is 1.65. The topological polar surface area (TPSA) is 75.1 Å². The van der Waals surface area contributed by atoms with E-state index in [1.807, 2.05) is 6.07 Å². The van der Waals surface area contributed by atoms with E-state index in [1.54, 1.807) is 13.0 Å². The van der Waals surface area contributed by atoms with Crippen molar-refractivity contribution in [2.24, 2.45) is 0 Å². The number of anilines is 1. The SMILES string of the molecule is Cc1nc(NCCCc2ccccc2)cc2n[nH]c(=O)n12. The van der Waals surface area contributed by atoms with Gasteiger partial charge in [0, 0.05) is 12.6 Å². The summed E-state index contributed by atoms with van der Waals surface area (Å²) >= 11 is 0. The summed E-state index contributed by atoms with van der Waals surface area (Å²) in [5.74, 6) is 1.36. The van der Waals surface area contributed by atoms with Crippen LogP contribution in [0.15, 0.2) is 41.2 Å². The second-order valence-corrected chi connectivity index (χ2v) is 4.93. The monoisotopic (exact) mass is 283 g/mol. The molecule has 2 aromatic heterocycles. The largest absolute Gasteiger partial charge is 0.370 e. The fraction of sp³-hybridized carbons (Fsp3) is 0.267. The Morgan fingerprint density at radius 2 is 2.10 bits per heavy atom. The zero-order valence-electron chi connectivity index (χ0n) is 11.8. The Labute approximate surface area is 121 Å². The maximum Gasteiger partial charge on any atom is 0.349 e. The summed E-state index contributed by atoms with van der Waals surface area (Å²) in [5, 5.41) is 9.66. The highest BCUT2D eigenvalue weighted by Gasteiger charge is 2.06. The number of nitrogens with one attached hydrogen (secondary N) is 2. The number of fused-ring (bicyclic) bond motifs is 1. The number of aromatic nitrogens is 4. The van der Waals surface area contributed by atoms with Crippen LogP contribution in [0.5, 0.6) is 0 Å². The first-order valence-corrected chi connectivity index (χ1v) is 6.96. The standard InChI is InChI=1S/C15H17N5O/c1-11-17-13(10-14-18-19-15(21)20(11)14)16-9-5-8-12-6-3-2-4-7-12/h2-4,6-7,10,16H,5,8-9H2,1H3,(H,19,21). The Morgan fingerprint density at radius 3 is 2.90 bits per heavy atom. The summed E-state index contributed by atoms with van der Waals surface area (Å²) in [6, 6.07) is 12.2. The molecule has 0 atom stereocenters. The average Bonchev–Trinajstić information content (AvgIpc) is 2.87. The average molecular weight is 283 g/mol. The van der Waals surface area contributed by atoms with Crippen molar-refractivity contribution in [3.63, 3.8) is 0 Å². The lowest BCUT2D eigenvalue weighted by Gasteiger charge is -2.07. The second kappa shape index (κ2) is 5.78. The molecule has 0 saturated heterocycles. The van der Waals surface area contributed by atoms with Crippen molar-refractivity contribution < 1.29 is 0 Å². The molecule has 6 heteroatoms. The normalized spacial score (nSPS) is 10.9. The van der Waals surface area contributed by atoms with E-state index < -0.39 is 0 Å². The van der Waals surface area contributed by atoms with Gasteiger partial charge in [-0.15, -0.1) is 0 Å². The minimum absolute atomic E-state index is 0.259. The van der Waals surface area contributed by atoms with E-state index in [4.69, 9.17) is 0 Å². The number of aromatic amines is 1. The summed E-state index contributed by atoms with van der Waals surface area (Å²) < 4.78 is 1.45. The van der Waals surface area contributed by atoms with Gasteiger partial charge in [0.2, 0.25) is 0 Å². The Hall–Kier alpha value is -2.63. The number of hydrogen-bond donors (Lipinski definition) is 2. The molecule has 2 N–H and O–H groups in total. The van der Waals surface area contributed by atoms with Crippen LogP contribution < -0.4 is 11.0 Å². The van der Waals surface area contributed by atoms with E-state index in [-0.39, 0.29) is 5.69 Å². The van der Waals surface area contributed by atoms with Crippen molar-refractivity contribution in [2.45, 2.75) is 19.8 Å². The van der Waals surface area contributed by atoms with Crippen LogP contribution in [0.3, 0.4) is 0 Å². The number of rotatable bonds is 5. The van der Waals surface area contributed by atoms with Crippen LogP contribution in [0.1, 0.15) is 17.8 Å². The maximum atomic E-state index is 11.5. The van der Waals surface area contributed by atoms with Crippen LogP contribution in [-0.4, -0.2) is 26.1 Å². The summed E-state index contributed by atoms with van der Waals surface area (Å²) in [6.45, 7) is 2.62. The van der Waals surface area contributed by atoms with Gasteiger partial charge in [0.05, 0.1) is 0 Å². The zero-order valence-corrected chi connectivity index (χ0v) is 11.8. The molecule has 0 aliphatic heterocycles. The molecule has 0 unspecified atom stereocenters. The molecule has 21 heavy (non-hydrogen) atoms. The van der Waals surface area contributed by atoms with Crippen LogP contribution in [0.2, 0.25) is 0 Å². The first-order chi connectivity index (χ1) is 10.2. The predicted octanol–water partition coefficient (Wildman–Crippen LogP) is 1.77. The Balaban J connectivity index is 1.62. The molecule has 2 heterocycles. The maximum absolute atomic E-state index is 11.5. The molecule has 0 radical (unpaired) electrons. The Bertz CT molecular complexity index is 791. The van der Waals surface area contributed by atoms with Gasteiger partial charge in [-0.1, -0.05) is 30.3 Å². The van der Waals surface area contributed by atoms with Gasteiger partial charge in [-0.25, -0.2) is 19.3 Å². The number of hydrogen-bond acceptors (Lipinski definition) is 4. The van der Waals surface area contributed by atoms with Crippen LogP contribution in [0.4, 0.5) is 5.82 Å². The summed E-state index contributed by atoms with van der Waals surface area (Å²) in [6.07, 6.45) is 2.04. The fourth-order valence-corrected chi connectivity index (χ4v) is 2.34. The first kappa shape index (κ1) is 13.4. The molecule has 0 saturated carbocycles. The lowest BCUT2D eigenvalue weighted by molar-refractivity contribution is 0.853. The quantitative estimate of drug-likeness (QED) is 0.700. The molecule has 0 aliphatic carbocycles. The van der Waals surface area contributed by atoms with Gasteiger partial charge in [-0.2, -0.15) is 5.10 Å². The molecule has 0 bridgehead atoms.